The molecule has 0 saturated heterocycles. The fourth-order valence-corrected chi connectivity index (χ4v) is 3.01. The fourth-order valence-electron chi connectivity index (χ4n) is 2.57. The molecule has 0 radical (unpaired) electrons. The van der Waals surface area contributed by atoms with Gasteiger partial charge in [0.25, 0.3) is 5.56 Å². The lowest BCUT2D eigenvalue weighted by Crippen LogP contribution is -2.28. The van der Waals surface area contributed by atoms with E-state index in [0.717, 1.165) is 10.0 Å². The number of benzene rings is 1. The Labute approximate surface area is 146 Å². The van der Waals surface area contributed by atoms with E-state index in [9.17, 15) is 9.90 Å². The molecular weight excluding hydrogens is 380 g/mol. The minimum Gasteiger partial charge on any atom is -0.494 e. The van der Waals surface area contributed by atoms with Crippen LogP contribution < -0.4 is 11.0 Å². The summed E-state index contributed by atoms with van der Waals surface area (Å²) < 4.78 is 3.99. The molecule has 0 amide bonds. The first kappa shape index (κ1) is 15.9. The Morgan fingerprint density at radius 1 is 1.30 bits per heavy atom. The van der Waals surface area contributed by atoms with Crippen LogP contribution in [0.2, 0.25) is 0 Å². The van der Waals surface area contributed by atoms with Gasteiger partial charge in [-0.05, 0) is 29.9 Å². The summed E-state index contributed by atoms with van der Waals surface area (Å²) in [5.41, 5.74) is 4.46. The molecule has 6 nitrogen and oxygen atoms in total. The number of aromatic hydroxyl groups is 1. The first-order valence-corrected chi connectivity index (χ1v) is 8.17. The third kappa shape index (κ3) is 2.72. The normalized spacial score (nSPS) is 17.0. The highest BCUT2D eigenvalue weighted by atomic mass is 79.9. The number of aromatic nitrogens is 2. The molecule has 2 heterocycles. The molecule has 3 rings (SSSR count). The highest BCUT2D eigenvalue weighted by Gasteiger charge is 2.27. The molecule has 1 aromatic heterocycles. The molecular formula is C15H15BrN4O2S. The van der Waals surface area contributed by atoms with Crippen molar-refractivity contribution in [1.29, 1.82) is 0 Å². The third-order valence-corrected chi connectivity index (χ3v) is 5.02. The van der Waals surface area contributed by atoms with Gasteiger partial charge in [0.2, 0.25) is 5.88 Å². The lowest BCUT2D eigenvalue weighted by atomic mass is 10.00. The van der Waals surface area contributed by atoms with Gasteiger partial charge in [0, 0.05) is 25.0 Å². The van der Waals surface area contributed by atoms with Crippen LogP contribution in [0.15, 0.2) is 38.6 Å². The number of halogens is 1. The average molecular weight is 395 g/mol. The minimum absolute atomic E-state index is 0.0318. The van der Waals surface area contributed by atoms with Crippen molar-refractivity contribution in [3.8, 4) is 5.88 Å². The van der Waals surface area contributed by atoms with Crippen LogP contribution in [0.5, 0.6) is 5.88 Å². The van der Waals surface area contributed by atoms with Gasteiger partial charge < -0.3 is 10.5 Å². The van der Waals surface area contributed by atoms with Gasteiger partial charge in [-0.1, -0.05) is 28.1 Å². The van der Waals surface area contributed by atoms with E-state index in [0.29, 0.717) is 12.1 Å². The summed E-state index contributed by atoms with van der Waals surface area (Å²) in [4.78, 5) is 12.4. The maximum absolute atomic E-state index is 12.4. The van der Waals surface area contributed by atoms with E-state index < -0.39 is 0 Å². The maximum atomic E-state index is 12.4. The monoisotopic (exact) mass is 394 g/mol. The van der Waals surface area contributed by atoms with Gasteiger partial charge in [-0.2, -0.15) is 5.10 Å². The zero-order valence-corrected chi connectivity index (χ0v) is 15.0. The zero-order chi connectivity index (χ0) is 16.7. The summed E-state index contributed by atoms with van der Waals surface area (Å²) in [5.74, 6) is -0.157. The number of rotatable bonds is 2. The van der Waals surface area contributed by atoms with E-state index >= 15 is 0 Å². The lowest BCUT2D eigenvalue weighted by molar-refractivity contribution is 0.414. The summed E-state index contributed by atoms with van der Waals surface area (Å²) >= 11 is 8.53. The molecule has 1 atom stereocenters. The van der Waals surface area contributed by atoms with Crippen LogP contribution in [0.3, 0.4) is 0 Å². The predicted octanol–water partition coefficient (Wildman–Crippen LogP) is 2.36. The Balaban J connectivity index is 1.98. The summed E-state index contributed by atoms with van der Waals surface area (Å²) in [6.45, 7) is 0. The number of hydrazone groups is 1. The molecule has 1 aromatic carbocycles. The summed E-state index contributed by atoms with van der Waals surface area (Å²) in [6, 6.07) is 7.86. The van der Waals surface area contributed by atoms with Crippen LogP contribution in [0, 0.1) is 4.77 Å². The molecule has 1 aliphatic rings. The Kier molecular flexibility index (Phi) is 4.11. The number of hydrogen-bond donors (Lipinski definition) is 2. The molecule has 0 fully saturated rings. The van der Waals surface area contributed by atoms with Crippen LogP contribution in [0.4, 0.5) is 0 Å². The second-order valence-corrected chi connectivity index (χ2v) is 6.68. The number of nitrogens with one attached hydrogen (secondary N) is 1. The molecule has 0 spiro atoms. The highest BCUT2D eigenvalue weighted by Crippen LogP contribution is 2.27. The van der Waals surface area contributed by atoms with Crippen molar-refractivity contribution in [3.05, 3.63) is 55.0 Å². The zero-order valence-electron chi connectivity index (χ0n) is 12.6. The molecule has 23 heavy (non-hydrogen) atoms. The van der Waals surface area contributed by atoms with Crippen molar-refractivity contribution in [2.45, 2.75) is 12.5 Å². The first-order valence-electron chi connectivity index (χ1n) is 6.97. The molecule has 0 saturated carbocycles. The van der Waals surface area contributed by atoms with Gasteiger partial charge in [0.15, 0.2) is 4.77 Å². The van der Waals surface area contributed by atoms with E-state index in [-0.39, 0.29) is 27.8 Å². The van der Waals surface area contributed by atoms with Gasteiger partial charge in [-0.15, -0.1) is 0 Å². The smallest absolute Gasteiger partial charge is 0.267 e. The molecule has 120 valence electrons. The van der Waals surface area contributed by atoms with Crippen LogP contribution in [-0.2, 0) is 14.1 Å². The molecule has 8 heteroatoms. The second kappa shape index (κ2) is 5.93. The molecule has 2 N–H and O–H groups in total. The highest BCUT2D eigenvalue weighted by molar-refractivity contribution is 9.10. The predicted molar refractivity (Wildman–Crippen MR) is 94.3 cm³/mol. The van der Waals surface area contributed by atoms with Crippen LogP contribution >= 0.6 is 28.1 Å². The standard InChI is InChI=1S/C15H15BrN4O2S/c1-19-13(21)12(14(22)20(2)15(19)23)11-7-10(17-18-11)8-3-5-9(16)6-4-8/h3-6,10,17,21H,7H2,1-2H3/t10-/m1/s1. The van der Waals surface area contributed by atoms with Crippen LogP contribution in [0.25, 0.3) is 0 Å². The largest absolute Gasteiger partial charge is 0.494 e. The van der Waals surface area contributed by atoms with Crippen molar-refractivity contribution in [2.75, 3.05) is 0 Å². The number of nitrogens with zero attached hydrogens (tertiary/aromatic N) is 3. The summed E-state index contributed by atoms with van der Waals surface area (Å²) in [5, 5.41) is 14.6. The molecule has 0 unspecified atom stereocenters. The SMILES string of the molecule is Cn1c(O)c(C2=NN[C@@H](c3ccc(Br)cc3)C2)c(=O)n(C)c1=S. The van der Waals surface area contributed by atoms with Crippen molar-refractivity contribution in [1.82, 2.24) is 14.6 Å². The Morgan fingerprint density at radius 3 is 2.61 bits per heavy atom. The van der Waals surface area contributed by atoms with Crippen molar-refractivity contribution < 1.29 is 5.11 Å². The van der Waals surface area contributed by atoms with Gasteiger partial charge >= 0.3 is 0 Å². The molecule has 1 aliphatic heterocycles. The van der Waals surface area contributed by atoms with Crippen LogP contribution in [-0.4, -0.2) is 20.0 Å². The number of hydrogen-bond acceptors (Lipinski definition) is 5. The van der Waals surface area contributed by atoms with E-state index in [4.69, 9.17) is 12.2 Å². The van der Waals surface area contributed by atoms with Gasteiger partial charge in [0.1, 0.15) is 5.56 Å². The van der Waals surface area contributed by atoms with E-state index in [2.05, 4.69) is 26.5 Å². The van der Waals surface area contributed by atoms with E-state index in [1.165, 1.54) is 9.13 Å². The van der Waals surface area contributed by atoms with Gasteiger partial charge in [-0.3, -0.25) is 13.9 Å². The Morgan fingerprint density at radius 2 is 1.96 bits per heavy atom. The quantitative estimate of drug-likeness (QED) is 0.766. The van der Waals surface area contributed by atoms with Gasteiger partial charge in [-0.25, -0.2) is 0 Å². The second-order valence-electron chi connectivity index (χ2n) is 5.40. The molecule has 0 aliphatic carbocycles. The van der Waals surface area contributed by atoms with Crippen LogP contribution in [0.1, 0.15) is 23.6 Å². The molecule has 2 aromatic rings. The summed E-state index contributed by atoms with van der Waals surface area (Å²) in [7, 11) is 3.21. The Bertz CT molecular complexity index is 915. The third-order valence-electron chi connectivity index (χ3n) is 3.95. The van der Waals surface area contributed by atoms with Crippen molar-refractivity contribution >= 4 is 33.9 Å². The lowest BCUT2D eigenvalue weighted by Gasteiger charge is -2.12. The van der Waals surface area contributed by atoms with Crippen molar-refractivity contribution in [2.24, 2.45) is 19.2 Å². The van der Waals surface area contributed by atoms with E-state index in [1.807, 2.05) is 24.3 Å². The Hall–Kier alpha value is -1.93. The topological polar surface area (TPSA) is 71.6 Å². The first-order chi connectivity index (χ1) is 10.9. The molecule has 0 bridgehead atoms. The van der Waals surface area contributed by atoms with Gasteiger partial charge in [0.05, 0.1) is 11.8 Å². The average Bonchev–Trinajstić information content (AvgIpc) is 3.01. The summed E-state index contributed by atoms with van der Waals surface area (Å²) in [6.07, 6.45) is 0.515. The fraction of sp³-hybridized carbons (Fsp3) is 0.267. The minimum atomic E-state index is -0.345. The van der Waals surface area contributed by atoms with E-state index in [1.54, 1.807) is 14.1 Å². The maximum Gasteiger partial charge on any atom is 0.267 e. The van der Waals surface area contributed by atoms with Crippen molar-refractivity contribution in [3.63, 3.8) is 0 Å².